The van der Waals surface area contributed by atoms with Crippen LogP contribution in [-0.4, -0.2) is 20.4 Å². The molecular weight excluding hydrogens is 311 g/mol. The molecule has 5 nitrogen and oxygen atoms in total. The molecule has 0 amide bonds. The van der Waals surface area contributed by atoms with Crippen LogP contribution in [0.5, 0.6) is 0 Å². The molecule has 0 fully saturated rings. The highest BCUT2D eigenvalue weighted by molar-refractivity contribution is 7.84. The first kappa shape index (κ1) is 13.9. The fourth-order valence-electron chi connectivity index (χ4n) is 1.86. The quantitative estimate of drug-likeness (QED) is 0.775. The zero-order valence-electron chi connectivity index (χ0n) is 11.0. The highest BCUT2D eigenvalue weighted by Crippen LogP contribution is 2.25. The average molecular weight is 322 g/mol. The number of nitrogens with two attached hydrogens (primary N) is 1. The van der Waals surface area contributed by atoms with Crippen molar-refractivity contribution in [2.45, 2.75) is 4.90 Å². The molecule has 0 aliphatic heterocycles. The van der Waals surface area contributed by atoms with E-state index in [0.717, 1.165) is 5.52 Å². The molecule has 3 aromatic rings. The number of nitrogens with zero attached hydrogens (tertiary/aromatic N) is 2. The van der Waals surface area contributed by atoms with Crippen molar-refractivity contribution in [1.29, 1.82) is 0 Å². The second-order valence-corrected chi connectivity index (χ2v) is 6.65. The smallest absolute Gasteiger partial charge is 0.182 e. The molecule has 1 unspecified atom stereocenters. The monoisotopic (exact) mass is 322 g/mol. The molecule has 3 N–H and O–H groups in total. The van der Waals surface area contributed by atoms with Crippen molar-refractivity contribution >= 4 is 49.1 Å². The first-order valence-corrected chi connectivity index (χ1v) is 8.33. The van der Waals surface area contributed by atoms with Gasteiger partial charge in [-0.25, -0.2) is 14.4 Å². The van der Waals surface area contributed by atoms with E-state index in [0.29, 0.717) is 21.5 Å². The molecule has 0 bridgehead atoms. The minimum absolute atomic E-state index is 0.180. The number of nitrogens with one attached hydrogen (secondary N) is 1. The summed E-state index contributed by atoms with van der Waals surface area (Å²) in [6.07, 6.45) is 1.44. The van der Waals surface area contributed by atoms with Crippen LogP contribution in [-0.2, 0) is 10.8 Å². The van der Waals surface area contributed by atoms with Crippen LogP contribution in [0.15, 0.2) is 35.2 Å². The number of rotatable bonds is 3. The zero-order chi connectivity index (χ0) is 15.0. The Morgan fingerprint density at radius 2 is 2.10 bits per heavy atom. The Morgan fingerprint density at radius 3 is 2.81 bits per heavy atom. The van der Waals surface area contributed by atoms with Crippen LogP contribution in [0.3, 0.4) is 0 Å². The van der Waals surface area contributed by atoms with Crippen LogP contribution < -0.4 is 11.1 Å². The molecule has 2 heterocycles. The zero-order valence-corrected chi connectivity index (χ0v) is 12.6. The van der Waals surface area contributed by atoms with Gasteiger partial charge in [0.05, 0.1) is 15.7 Å². The number of hydrogen-bond acceptors (Lipinski definition) is 6. The Hall–Kier alpha value is -2.06. The molecule has 8 heteroatoms. The SMILES string of the molecule is CS(=O)c1ccc(Nc2ccc3nc(N)sc3n2)cc1F. The summed E-state index contributed by atoms with van der Waals surface area (Å²) in [6, 6.07) is 7.99. The van der Waals surface area contributed by atoms with Gasteiger partial charge in [-0.1, -0.05) is 11.3 Å². The Labute approximate surface area is 126 Å². The van der Waals surface area contributed by atoms with E-state index >= 15 is 0 Å². The lowest BCUT2D eigenvalue weighted by Crippen LogP contribution is -1.97. The number of nitrogen functional groups attached to an aromatic ring is 1. The van der Waals surface area contributed by atoms with Crippen LogP contribution in [0.1, 0.15) is 0 Å². The van der Waals surface area contributed by atoms with Gasteiger partial charge in [-0.05, 0) is 30.3 Å². The summed E-state index contributed by atoms with van der Waals surface area (Å²) < 4.78 is 25.1. The molecule has 2 aromatic heterocycles. The van der Waals surface area contributed by atoms with Crippen LogP contribution >= 0.6 is 11.3 Å². The molecule has 0 aliphatic carbocycles. The molecule has 1 atom stereocenters. The fourth-order valence-corrected chi connectivity index (χ4v) is 3.16. The van der Waals surface area contributed by atoms with Crippen LogP contribution in [0.4, 0.5) is 21.0 Å². The van der Waals surface area contributed by atoms with Crippen molar-refractivity contribution in [2.24, 2.45) is 0 Å². The van der Waals surface area contributed by atoms with Crippen molar-refractivity contribution in [2.75, 3.05) is 17.3 Å². The summed E-state index contributed by atoms with van der Waals surface area (Å²) in [4.78, 5) is 9.37. The topological polar surface area (TPSA) is 80.9 Å². The van der Waals surface area contributed by atoms with Gasteiger partial charge in [0.25, 0.3) is 0 Å². The predicted molar refractivity (Wildman–Crippen MR) is 83.8 cm³/mol. The van der Waals surface area contributed by atoms with Crippen LogP contribution in [0.2, 0.25) is 0 Å². The minimum Gasteiger partial charge on any atom is -0.375 e. The number of hydrogen-bond donors (Lipinski definition) is 2. The normalized spacial score (nSPS) is 12.5. The Bertz CT molecular complexity index is 849. The van der Waals surface area contributed by atoms with Crippen LogP contribution in [0.25, 0.3) is 10.3 Å². The Morgan fingerprint density at radius 1 is 1.29 bits per heavy atom. The van der Waals surface area contributed by atoms with Crippen molar-refractivity contribution < 1.29 is 8.60 Å². The molecule has 0 spiro atoms. The molecule has 0 saturated carbocycles. The number of thiazole rings is 1. The van der Waals surface area contributed by atoms with Crippen molar-refractivity contribution in [3.8, 4) is 0 Å². The molecule has 108 valence electrons. The lowest BCUT2D eigenvalue weighted by Gasteiger charge is -2.07. The van der Waals surface area contributed by atoms with Gasteiger partial charge in [-0.3, -0.25) is 4.21 Å². The summed E-state index contributed by atoms with van der Waals surface area (Å²) in [5.74, 6) is 0.0554. The van der Waals surface area contributed by atoms with Gasteiger partial charge in [0.1, 0.15) is 22.0 Å². The number of benzene rings is 1. The fraction of sp³-hybridized carbons (Fsp3) is 0.0769. The van der Waals surface area contributed by atoms with Crippen molar-refractivity contribution in [3.63, 3.8) is 0 Å². The summed E-state index contributed by atoms with van der Waals surface area (Å²) >= 11 is 1.29. The number of aromatic nitrogens is 2. The van der Waals surface area contributed by atoms with Gasteiger partial charge in [-0.15, -0.1) is 0 Å². The van der Waals surface area contributed by atoms with Gasteiger partial charge < -0.3 is 11.1 Å². The van der Waals surface area contributed by atoms with E-state index in [-0.39, 0.29) is 4.90 Å². The largest absolute Gasteiger partial charge is 0.375 e. The average Bonchev–Trinajstić information content (AvgIpc) is 2.77. The summed E-state index contributed by atoms with van der Waals surface area (Å²) in [7, 11) is -1.35. The predicted octanol–water partition coefficient (Wildman–Crippen LogP) is 2.89. The summed E-state index contributed by atoms with van der Waals surface area (Å²) in [5, 5.41) is 3.45. The molecule has 3 rings (SSSR count). The molecule has 1 aromatic carbocycles. The van der Waals surface area contributed by atoms with Gasteiger partial charge in [0.15, 0.2) is 5.13 Å². The molecule has 0 aliphatic rings. The third-order valence-corrected chi connectivity index (χ3v) is 4.53. The molecule has 21 heavy (non-hydrogen) atoms. The molecule has 0 radical (unpaired) electrons. The summed E-state index contributed by atoms with van der Waals surface area (Å²) in [5.41, 5.74) is 6.89. The highest BCUT2D eigenvalue weighted by atomic mass is 32.2. The van der Waals surface area contributed by atoms with Crippen molar-refractivity contribution in [3.05, 3.63) is 36.1 Å². The molecule has 0 saturated heterocycles. The van der Waals surface area contributed by atoms with Crippen LogP contribution in [0, 0.1) is 5.82 Å². The first-order valence-electron chi connectivity index (χ1n) is 5.96. The van der Waals surface area contributed by atoms with Gasteiger partial charge in [-0.2, -0.15) is 0 Å². The number of anilines is 3. The maximum absolute atomic E-state index is 13.8. The second-order valence-electron chi connectivity index (χ2n) is 4.30. The van der Waals surface area contributed by atoms with E-state index in [1.165, 1.54) is 29.7 Å². The van der Waals surface area contributed by atoms with Crippen molar-refractivity contribution in [1.82, 2.24) is 9.97 Å². The summed E-state index contributed by atoms with van der Waals surface area (Å²) in [6.45, 7) is 0. The van der Waals surface area contributed by atoms with E-state index in [1.807, 2.05) is 0 Å². The van der Waals surface area contributed by atoms with E-state index in [9.17, 15) is 8.60 Å². The molecular formula is C13H11FN4OS2. The minimum atomic E-state index is -1.35. The second kappa shape index (κ2) is 5.38. The Kier molecular flexibility index (Phi) is 3.56. The number of halogens is 1. The Balaban J connectivity index is 1.90. The first-order chi connectivity index (χ1) is 10.0. The van der Waals surface area contributed by atoms with Gasteiger partial charge >= 0.3 is 0 Å². The maximum Gasteiger partial charge on any atom is 0.182 e. The highest BCUT2D eigenvalue weighted by Gasteiger charge is 2.08. The number of pyridine rings is 1. The van der Waals surface area contributed by atoms with E-state index in [2.05, 4.69) is 15.3 Å². The van der Waals surface area contributed by atoms with E-state index < -0.39 is 16.6 Å². The maximum atomic E-state index is 13.8. The number of fused-ring (bicyclic) bond motifs is 1. The van der Waals surface area contributed by atoms with Gasteiger partial charge in [0, 0.05) is 11.9 Å². The lowest BCUT2D eigenvalue weighted by atomic mass is 10.3. The third kappa shape index (κ3) is 2.86. The lowest BCUT2D eigenvalue weighted by molar-refractivity contribution is 0.596. The van der Waals surface area contributed by atoms with E-state index in [1.54, 1.807) is 18.2 Å². The van der Waals surface area contributed by atoms with Gasteiger partial charge in [0.2, 0.25) is 0 Å². The standard InChI is InChI=1S/C13H11FN4OS2/c1-21(19)10-4-2-7(6-8(10)14)16-11-5-3-9-12(18-11)20-13(15)17-9/h2-6H,1H3,(H2,15,17)(H,16,18). The van der Waals surface area contributed by atoms with E-state index in [4.69, 9.17) is 5.73 Å². The third-order valence-electron chi connectivity index (χ3n) is 2.79.